The fourth-order valence-electron chi connectivity index (χ4n) is 2.27. The van der Waals surface area contributed by atoms with E-state index < -0.39 is 66.0 Å². The summed E-state index contributed by atoms with van der Waals surface area (Å²) in [6.45, 7) is 2.36. The van der Waals surface area contributed by atoms with Crippen molar-refractivity contribution in [2.75, 3.05) is 0 Å². The lowest BCUT2D eigenvalue weighted by molar-refractivity contribution is -0.148. The highest BCUT2D eigenvalue weighted by molar-refractivity contribution is 5.79. The first-order chi connectivity index (χ1) is 14.1. The molecule has 0 aliphatic heterocycles. The first-order valence-corrected chi connectivity index (χ1v) is 8.74. The fraction of sp³-hybridized carbons (Fsp3) is 0.300. The maximum absolute atomic E-state index is 13.5. The van der Waals surface area contributed by atoms with Crippen LogP contribution in [-0.2, 0) is 20.9 Å². The molecule has 0 N–H and O–H groups in total. The predicted molar refractivity (Wildman–Crippen MR) is 93.1 cm³/mol. The Hall–Kier alpha value is -3.17. The van der Waals surface area contributed by atoms with E-state index in [2.05, 4.69) is 4.74 Å². The van der Waals surface area contributed by atoms with Gasteiger partial charge in [0, 0.05) is 0 Å². The van der Waals surface area contributed by atoms with Crippen molar-refractivity contribution in [1.82, 2.24) is 0 Å². The number of benzene rings is 2. The standard InChI is InChI=1S/C20H17F5O5/c1-10(2)29-12-5-3-4-6-13(12)30-15(27)8-7-14(26)28-9-11-16(21)18(23)20(25)19(24)17(11)22/h3-6,10H,7-9H2,1-2H3. The van der Waals surface area contributed by atoms with Gasteiger partial charge in [-0.05, 0) is 26.0 Å². The Morgan fingerprint density at radius 3 is 1.87 bits per heavy atom. The zero-order chi connectivity index (χ0) is 22.4. The van der Waals surface area contributed by atoms with Crippen LogP contribution in [0.25, 0.3) is 0 Å². The Bertz CT molecular complexity index is 916. The van der Waals surface area contributed by atoms with Crippen LogP contribution in [0.15, 0.2) is 24.3 Å². The van der Waals surface area contributed by atoms with Crippen molar-refractivity contribution in [1.29, 1.82) is 0 Å². The minimum atomic E-state index is -2.32. The van der Waals surface area contributed by atoms with Gasteiger partial charge in [-0.1, -0.05) is 12.1 Å². The van der Waals surface area contributed by atoms with E-state index in [4.69, 9.17) is 9.47 Å². The van der Waals surface area contributed by atoms with E-state index in [0.29, 0.717) is 5.75 Å². The molecule has 0 radical (unpaired) electrons. The molecule has 0 unspecified atom stereocenters. The number of hydrogen-bond acceptors (Lipinski definition) is 5. The van der Waals surface area contributed by atoms with E-state index in [1.165, 1.54) is 6.07 Å². The van der Waals surface area contributed by atoms with Gasteiger partial charge in [-0.3, -0.25) is 9.59 Å². The lowest BCUT2D eigenvalue weighted by Gasteiger charge is -2.13. The van der Waals surface area contributed by atoms with Crippen LogP contribution in [0.3, 0.4) is 0 Å². The number of hydrogen-bond donors (Lipinski definition) is 0. The highest BCUT2D eigenvalue weighted by Crippen LogP contribution is 2.28. The molecule has 30 heavy (non-hydrogen) atoms. The van der Waals surface area contributed by atoms with E-state index >= 15 is 0 Å². The summed E-state index contributed by atoms with van der Waals surface area (Å²) in [6, 6.07) is 6.35. The Morgan fingerprint density at radius 2 is 1.30 bits per heavy atom. The maximum Gasteiger partial charge on any atom is 0.311 e. The lowest BCUT2D eigenvalue weighted by atomic mass is 10.2. The summed E-state index contributed by atoms with van der Waals surface area (Å²) in [6.07, 6.45) is -1.17. The number of carbonyl (C=O) groups is 2. The van der Waals surface area contributed by atoms with E-state index in [1.807, 2.05) is 0 Å². The second-order valence-electron chi connectivity index (χ2n) is 6.30. The molecule has 2 aromatic carbocycles. The van der Waals surface area contributed by atoms with Crippen molar-refractivity contribution in [3.05, 3.63) is 58.9 Å². The van der Waals surface area contributed by atoms with Crippen LogP contribution in [0.1, 0.15) is 32.3 Å². The number of halogens is 5. The molecule has 0 aromatic heterocycles. The van der Waals surface area contributed by atoms with Gasteiger partial charge in [-0.15, -0.1) is 0 Å². The maximum atomic E-state index is 13.5. The minimum absolute atomic E-state index is 0.131. The van der Waals surface area contributed by atoms with E-state index in [-0.39, 0.29) is 11.9 Å². The van der Waals surface area contributed by atoms with Gasteiger partial charge in [-0.2, -0.15) is 0 Å². The van der Waals surface area contributed by atoms with Gasteiger partial charge in [0.1, 0.15) is 6.61 Å². The van der Waals surface area contributed by atoms with E-state index in [0.717, 1.165) is 0 Å². The number of rotatable bonds is 8. The normalized spacial score (nSPS) is 10.8. The number of carbonyl (C=O) groups excluding carboxylic acids is 2. The molecule has 0 heterocycles. The molecule has 162 valence electrons. The first kappa shape index (κ1) is 23.1. The fourth-order valence-corrected chi connectivity index (χ4v) is 2.27. The summed E-state index contributed by atoms with van der Waals surface area (Å²) in [5.41, 5.74) is -1.29. The lowest BCUT2D eigenvalue weighted by Crippen LogP contribution is -2.15. The third-order valence-corrected chi connectivity index (χ3v) is 3.65. The predicted octanol–water partition coefficient (Wildman–Crippen LogP) is 4.60. The van der Waals surface area contributed by atoms with Gasteiger partial charge in [0.15, 0.2) is 34.8 Å². The third-order valence-electron chi connectivity index (χ3n) is 3.65. The summed E-state index contributed by atoms with van der Waals surface area (Å²) < 4.78 is 81.4. The highest BCUT2D eigenvalue weighted by atomic mass is 19.2. The van der Waals surface area contributed by atoms with Crippen LogP contribution in [-0.4, -0.2) is 18.0 Å². The smallest absolute Gasteiger partial charge is 0.311 e. The molecule has 0 spiro atoms. The van der Waals surface area contributed by atoms with Crippen LogP contribution in [0.2, 0.25) is 0 Å². The van der Waals surface area contributed by atoms with Gasteiger partial charge < -0.3 is 14.2 Å². The molecule has 0 aliphatic carbocycles. The molecule has 0 saturated carbocycles. The van der Waals surface area contributed by atoms with E-state index in [9.17, 15) is 31.5 Å². The van der Waals surface area contributed by atoms with Gasteiger partial charge in [0.05, 0.1) is 24.5 Å². The average molecular weight is 432 g/mol. The molecule has 2 aromatic rings. The Labute approximate surface area is 168 Å². The number of esters is 2. The molecule has 0 saturated heterocycles. The molecule has 0 fully saturated rings. The summed E-state index contributed by atoms with van der Waals surface area (Å²) in [7, 11) is 0. The van der Waals surface area contributed by atoms with Crippen LogP contribution < -0.4 is 9.47 Å². The molecule has 0 atom stereocenters. The van der Waals surface area contributed by atoms with Crippen molar-refractivity contribution in [2.24, 2.45) is 0 Å². The largest absolute Gasteiger partial charge is 0.487 e. The van der Waals surface area contributed by atoms with Gasteiger partial charge in [0.2, 0.25) is 5.82 Å². The minimum Gasteiger partial charge on any atom is -0.487 e. The second kappa shape index (κ2) is 10.0. The monoisotopic (exact) mass is 432 g/mol. The summed E-state index contributed by atoms with van der Waals surface area (Å²) in [5.74, 6) is -12.3. The molecule has 0 bridgehead atoms. The zero-order valence-corrected chi connectivity index (χ0v) is 15.9. The molecule has 5 nitrogen and oxygen atoms in total. The molecular formula is C20H17F5O5. The SMILES string of the molecule is CC(C)Oc1ccccc1OC(=O)CCC(=O)OCc1c(F)c(F)c(F)c(F)c1F. The Kier molecular flexibility index (Phi) is 7.73. The van der Waals surface area contributed by atoms with Crippen molar-refractivity contribution in [2.45, 2.75) is 39.4 Å². The number of ether oxygens (including phenoxy) is 3. The van der Waals surface area contributed by atoms with E-state index in [1.54, 1.807) is 32.0 Å². The summed E-state index contributed by atoms with van der Waals surface area (Å²) in [4.78, 5) is 23.6. The Morgan fingerprint density at radius 1 is 0.800 bits per heavy atom. The van der Waals surface area contributed by atoms with Gasteiger partial charge >= 0.3 is 11.9 Å². The second-order valence-corrected chi connectivity index (χ2v) is 6.30. The van der Waals surface area contributed by atoms with Crippen LogP contribution in [0.5, 0.6) is 11.5 Å². The zero-order valence-electron chi connectivity index (χ0n) is 15.9. The third kappa shape index (κ3) is 5.68. The summed E-state index contributed by atoms with van der Waals surface area (Å²) >= 11 is 0. The average Bonchev–Trinajstić information content (AvgIpc) is 2.70. The van der Waals surface area contributed by atoms with Crippen LogP contribution in [0.4, 0.5) is 22.0 Å². The van der Waals surface area contributed by atoms with Crippen LogP contribution in [0, 0.1) is 29.1 Å². The van der Waals surface area contributed by atoms with Gasteiger partial charge in [-0.25, -0.2) is 22.0 Å². The molecule has 10 heteroatoms. The topological polar surface area (TPSA) is 61.8 Å². The van der Waals surface area contributed by atoms with Gasteiger partial charge in [0.25, 0.3) is 0 Å². The molecule has 0 amide bonds. The molecule has 2 rings (SSSR count). The Balaban J connectivity index is 1.91. The quantitative estimate of drug-likeness (QED) is 0.201. The molecule has 0 aliphatic rings. The van der Waals surface area contributed by atoms with Crippen molar-refractivity contribution in [3.8, 4) is 11.5 Å². The number of para-hydroxylation sites is 2. The highest BCUT2D eigenvalue weighted by Gasteiger charge is 2.26. The van der Waals surface area contributed by atoms with Crippen molar-refractivity contribution < 1.29 is 45.8 Å². The molecular weight excluding hydrogens is 415 g/mol. The first-order valence-electron chi connectivity index (χ1n) is 8.74. The van der Waals surface area contributed by atoms with Crippen molar-refractivity contribution in [3.63, 3.8) is 0 Å². The van der Waals surface area contributed by atoms with Crippen LogP contribution >= 0.6 is 0 Å². The van der Waals surface area contributed by atoms with Crippen molar-refractivity contribution >= 4 is 11.9 Å². The summed E-state index contributed by atoms with van der Waals surface area (Å²) in [5, 5.41) is 0.